The Labute approximate surface area is 136 Å². The second kappa shape index (κ2) is 7.41. The smallest absolute Gasteiger partial charge is 0.335 e. The molecule has 1 saturated heterocycles. The zero-order chi connectivity index (χ0) is 17.9. The molecule has 0 spiro atoms. The summed E-state index contributed by atoms with van der Waals surface area (Å²) in [5.41, 5.74) is 0.469. The van der Waals surface area contributed by atoms with Crippen molar-refractivity contribution < 1.29 is 39.5 Å². The number of aliphatic hydroxyl groups excluding tert-OH is 3. The quantitative estimate of drug-likeness (QED) is 0.433. The summed E-state index contributed by atoms with van der Waals surface area (Å²) < 4.78 is 10.3. The number of amides is 1. The van der Waals surface area contributed by atoms with Crippen molar-refractivity contribution in [2.24, 2.45) is 0 Å². The van der Waals surface area contributed by atoms with E-state index in [0.29, 0.717) is 5.69 Å². The highest BCUT2D eigenvalue weighted by atomic mass is 16.7. The molecule has 9 nitrogen and oxygen atoms in total. The van der Waals surface area contributed by atoms with Crippen LogP contribution in [0.25, 0.3) is 0 Å². The molecule has 0 saturated carbocycles. The van der Waals surface area contributed by atoms with Gasteiger partial charge in [-0.1, -0.05) is 6.58 Å². The molecule has 3 unspecified atom stereocenters. The average Bonchev–Trinajstić information content (AvgIpc) is 2.56. The number of aliphatic carboxylic acids is 1. The van der Waals surface area contributed by atoms with Crippen molar-refractivity contribution in [1.82, 2.24) is 0 Å². The van der Waals surface area contributed by atoms with Crippen molar-refractivity contribution in [3.63, 3.8) is 0 Å². The molecule has 5 atom stereocenters. The van der Waals surface area contributed by atoms with Gasteiger partial charge in [-0.25, -0.2) is 4.79 Å². The summed E-state index contributed by atoms with van der Waals surface area (Å²) in [7, 11) is 0. The van der Waals surface area contributed by atoms with Crippen molar-refractivity contribution in [2.75, 3.05) is 5.32 Å². The van der Waals surface area contributed by atoms with Gasteiger partial charge in [0.2, 0.25) is 12.2 Å². The number of carboxylic acids is 1. The fourth-order valence-electron chi connectivity index (χ4n) is 2.09. The standard InChI is InChI=1S/C15H17NO8/c1-2-9(17)16-7-3-5-8(6-4-7)23-15-12(20)10(18)11(19)13(24-15)14(21)22/h2-6,10-13,15,18-20H,1H2,(H,16,17)(H,21,22)/t10?,11-,12?,13?,15+/m0/s1. The molecule has 0 radical (unpaired) electrons. The SMILES string of the molecule is C=CC(=O)Nc1ccc(O[C@@H]2OC(C(=O)O)[C@@H](O)C(O)C2O)cc1. The zero-order valence-corrected chi connectivity index (χ0v) is 12.4. The summed E-state index contributed by atoms with van der Waals surface area (Å²) in [6.07, 6.45) is -7.28. The maximum atomic E-state index is 11.2. The third-order valence-corrected chi connectivity index (χ3v) is 3.37. The molecule has 9 heteroatoms. The first-order valence-electron chi connectivity index (χ1n) is 6.96. The minimum atomic E-state index is -1.78. The molecule has 1 amide bonds. The number of carbonyl (C=O) groups is 2. The van der Waals surface area contributed by atoms with E-state index in [4.69, 9.17) is 14.6 Å². The molecule has 2 rings (SSSR count). The van der Waals surface area contributed by atoms with Gasteiger partial charge in [0, 0.05) is 5.69 Å². The lowest BCUT2D eigenvalue weighted by Gasteiger charge is -2.38. The molecule has 1 fully saturated rings. The van der Waals surface area contributed by atoms with Crippen LogP contribution in [-0.4, -0.2) is 63.0 Å². The van der Waals surface area contributed by atoms with Crippen molar-refractivity contribution in [1.29, 1.82) is 0 Å². The highest BCUT2D eigenvalue weighted by Crippen LogP contribution is 2.25. The summed E-state index contributed by atoms with van der Waals surface area (Å²) >= 11 is 0. The lowest BCUT2D eigenvalue weighted by molar-refractivity contribution is -0.271. The Morgan fingerprint density at radius 3 is 2.29 bits per heavy atom. The number of anilines is 1. The lowest BCUT2D eigenvalue weighted by atomic mass is 9.99. The van der Waals surface area contributed by atoms with Gasteiger partial charge < -0.3 is 35.2 Å². The Morgan fingerprint density at radius 2 is 1.75 bits per heavy atom. The number of hydrogen-bond donors (Lipinski definition) is 5. The van der Waals surface area contributed by atoms with E-state index in [2.05, 4.69) is 11.9 Å². The van der Waals surface area contributed by atoms with Crippen LogP contribution in [0.5, 0.6) is 5.75 Å². The molecule has 130 valence electrons. The maximum Gasteiger partial charge on any atom is 0.335 e. The minimum Gasteiger partial charge on any atom is -0.479 e. The van der Waals surface area contributed by atoms with Crippen LogP contribution in [0, 0.1) is 0 Å². The first-order valence-corrected chi connectivity index (χ1v) is 6.96. The largest absolute Gasteiger partial charge is 0.479 e. The van der Waals surface area contributed by atoms with Crippen LogP contribution >= 0.6 is 0 Å². The normalized spacial score (nSPS) is 29.5. The Morgan fingerprint density at radius 1 is 1.12 bits per heavy atom. The number of rotatable bonds is 5. The topological polar surface area (TPSA) is 146 Å². The molecule has 0 aliphatic carbocycles. The Balaban J connectivity index is 2.07. The molecule has 1 aromatic rings. The van der Waals surface area contributed by atoms with Crippen LogP contribution in [0.1, 0.15) is 0 Å². The molecule has 1 aliphatic rings. The van der Waals surface area contributed by atoms with Gasteiger partial charge in [-0.2, -0.15) is 0 Å². The summed E-state index contributed by atoms with van der Waals surface area (Å²) in [6, 6.07) is 5.90. The average molecular weight is 339 g/mol. The molecular weight excluding hydrogens is 322 g/mol. The van der Waals surface area contributed by atoms with Crippen LogP contribution in [-0.2, 0) is 14.3 Å². The van der Waals surface area contributed by atoms with Gasteiger partial charge >= 0.3 is 5.97 Å². The number of benzene rings is 1. The molecule has 1 aromatic carbocycles. The number of carboxylic acid groups (broad SMARTS) is 1. The van der Waals surface area contributed by atoms with Crippen molar-refractivity contribution >= 4 is 17.6 Å². The molecule has 1 aliphatic heterocycles. The van der Waals surface area contributed by atoms with Crippen LogP contribution < -0.4 is 10.1 Å². The van der Waals surface area contributed by atoms with E-state index in [0.717, 1.165) is 6.08 Å². The molecule has 0 aromatic heterocycles. The molecule has 24 heavy (non-hydrogen) atoms. The zero-order valence-electron chi connectivity index (χ0n) is 12.4. The van der Waals surface area contributed by atoms with E-state index >= 15 is 0 Å². The van der Waals surface area contributed by atoms with Gasteiger partial charge in [-0.05, 0) is 30.3 Å². The second-order valence-electron chi connectivity index (χ2n) is 5.07. The number of carbonyl (C=O) groups excluding carboxylic acids is 1. The van der Waals surface area contributed by atoms with Crippen LogP contribution in [0.15, 0.2) is 36.9 Å². The molecule has 0 bridgehead atoms. The minimum absolute atomic E-state index is 0.198. The van der Waals surface area contributed by atoms with Crippen molar-refractivity contribution in [2.45, 2.75) is 30.7 Å². The van der Waals surface area contributed by atoms with Crippen LogP contribution in [0.3, 0.4) is 0 Å². The van der Waals surface area contributed by atoms with Gasteiger partial charge in [0.1, 0.15) is 24.1 Å². The number of aliphatic hydroxyl groups is 3. The first kappa shape index (κ1) is 17.9. The predicted molar refractivity (Wildman–Crippen MR) is 80.2 cm³/mol. The number of nitrogens with one attached hydrogen (secondary N) is 1. The van der Waals surface area contributed by atoms with Gasteiger partial charge in [-0.15, -0.1) is 0 Å². The number of hydrogen-bond acceptors (Lipinski definition) is 7. The molecule has 1 heterocycles. The summed E-state index contributed by atoms with van der Waals surface area (Å²) in [4.78, 5) is 22.2. The third kappa shape index (κ3) is 3.89. The Bertz CT molecular complexity index is 616. The van der Waals surface area contributed by atoms with Gasteiger partial charge in [0.15, 0.2) is 6.10 Å². The monoisotopic (exact) mass is 339 g/mol. The molecule has 5 N–H and O–H groups in total. The van der Waals surface area contributed by atoms with Crippen LogP contribution in [0.4, 0.5) is 5.69 Å². The summed E-state index contributed by atoms with van der Waals surface area (Å²) in [5.74, 6) is -1.69. The highest BCUT2D eigenvalue weighted by Gasteiger charge is 2.48. The fraction of sp³-hybridized carbons (Fsp3) is 0.333. The van der Waals surface area contributed by atoms with E-state index in [1.54, 1.807) is 0 Å². The first-order chi connectivity index (χ1) is 11.3. The second-order valence-corrected chi connectivity index (χ2v) is 5.07. The van der Waals surface area contributed by atoms with E-state index in [1.807, 2.05) is 0 Å². The van der Waals surface area contributed by atoms with E-state index in [9.17, 15) is 24.9 Å². The summed E-state index contributed by atoms with van der Waals surface area (Å²) in [6.45, 7) is 3.32. The van der Waals surface area contributed by atoms with Crippen molar-refractivity contribution in [3.8, 4) is 5.75 Å². The van der Waals surface area contributed by atoms with E-state index in [1.165, 1.54) is 24.3 Å². The summed E-state index contributed by atoms with van der Waals surface area (Å²) in [5, 5.41) is 40.6. The lowest BCUT2D eigenvalue weighted by Crippen LogP contribution is -2.61. The van der Waals surface area contributed by atoms with E-state index < -0.39 is 42.6 Å². The van der Waals surface area contributed by atoms with Crippen molar-refractivity contribution in [3.05, 3.63) is 36.9 Å². The van der Waals surface area contributed by atoms with Gasteiger partial charge in [0.25, 0.3) is 0 Å². The molecular formula is C15H17NO8. The Kier molecular flexibility index (Phi) is 5.52. The Hall–Kier alpha value is -2.46. The fourth-order valence-corrected chi connectivity index (χ4v) is 2.09. The maximum absolute atomic E-state index is 11.2. The third-order valence-electron chi connectivity index (χ3n) is 3.37. The van der Waals surface area contributed by atoms with Crippen LogP contribution in [0.2, 0.25) is 0 Å². The highest BCUT2D eigenvalue weighted by molar-refractivity contribution is 5.98. The van der Waals surface area contributed by atoms with Gasteiger partial charge in [0.05, 0.1) is 0 Å². The number of ether oxygens (including phenoxy) is 2. The predicted octanol–water partition coefficient (Wildman–Crippen LogP) is -0.918. The van der Waals surface area contributed by atoms with E-state index in [-0.39, 0.29) is 5.75 Å². The van der Waals surface area contributed by atoms with Gasteiger partial charge in [-0.3, -0.25) is 4.79 Å².